The highest BCUT2D eigenvalue weighted by Gasteiger charge is 2.15. The lowest BCUT2D eigenvalue weighted by Gasteiger charge is -2.08. The Bertz CT molecular complexity index is 595. The van der Waals surface area contributed by atoms with Crippen LogP contribution in [0.2, 0.25) is 0 Å². The number of hydrogen-bond donors (Lipinski definition) is 2. The van der Waals surface area contributed by atoms with Crippen LogP contribution in [-0.4, -0.2) is 5.91 Å². The summed E-state index contributed by atoms with van der Waals surface area (Å²) in [6, 6.07) is 7.44. The van der Waals surface area contributed by atoms with Crippen LogP contribution in [0, 0.1) is 6.92 Å². The van der Waals surface area contributed by atoms with Gasteiger partial charge in [0, 0.05) is 5.56 Å². The first-order valence-electron chi connectivity index (χ1n) is 5.58. The number of nitrogen functional groups attached to an aromatic ring is 1. The van der Waals surface area contributed by atoms with Gasteiger partial charge in [0.05, 0.1) is 10.7 Å². The third kappa shape index (κ3) is 3.15. The van der Waals surface area contributed by atoms with E-state index in [-0.39, 0.29) is 12.4 Å². The van der Waals surface area contributed by atoms with Gasteiger partial charge in [-0.25, -0.2) is 5.84 Å². The van der Waals surface area contributed by atoms with Crippen LogP contribution in [-0.2, 0) is 6.61 Å². The van der Waals surface area contributed by atoms with E-state index in [9.17, 15) is 4.79 Å². The number of hydrazine groups is 1. The second-order valence-corrected chi connectivity index (χ2v) is 4.83. The molecule has 0 unspecified atom stereocenters. The van der Waals surface area contributed by atoms with E-state index < -0.39 is 5.91 Å². The number of furan rings is 1. The molecule has 3 N–H and O–H groups in total. The van der Waals surface area contributed by atoms with Crippen LogP contribution in [0.15, 0.2) is 39.4 Å². The molecule has 1 amide bonds. The Labute approximate surface area is 118 Å². The van der Waals surface area contributed by atoms with Crippen LogP contribution in [0.1, 0.15) is 21.7 Å². The molecule has 0 fully saturated rings. The van der Waals surface area contributed by atoms with Crippen molar-refractivity contribution in [2.24, 2.45) is 5.84 Å². The van der Waals surface area contributed by atoms with Crippen molar-refractivity contribution >= 4 is 21.8 Å². The van der Waals surface area contributed by atoms with Gasteiger partial charge in [-0.15, -0.1) is 0 Å². The van der Waals surface area contributed by atoms with Crippen molar-refractivity contribution in [2.75, 3.05) is 0 Å². The van der Waals surface area contributed by atoms with Crippen LogP contribution in [0.3, 0.4) is 0 Å². The average molecular weight is 325 g/mol. The van der Waals surface area contributed by atoms with Gasteiger partial charge in [-0.2, -0.15) is 0 Å². The number of nitrogens with one attached hydrogen (secondary N) is 1. The maximum Gasteiger partial charge on any atom is 0.301 e. The lowest BCUT2D eigenvalue weighted by Crippen LogP contribution is -2.30. The SMILES string of the molecule is Cc1ccc(OCc2ccoc2C(=O)NN)c(Br)c1. The number of benzene rings is 1. The fraction of sp³-hybridized carbons (Fsp3) is 0.154. The number of carbonyl (C=O) groups excluding carboxylic acids is 1. The Morgan fingerprint density at radius 2 is 2.26 bits per heavy atom. The molecule has 6 heteroatoms. The summed E-state index contributed by atoms with van der Waals surface area (Å²) in [6.45, 7) is 2.22. The number of aryl methyl sites for hydroxylation is 1. The molecule has 2 rings (SSSR count). The van der Waals surface area contributed by atoms with E-state index in [0.717, 1.165) is 10.0 Å². The number of hydrogen-bond acceptors (Lipinski definition) is 4. The number of nitrogens with two attached hydrogens (primary N) is 1. The van der Waals surface area contributed by atoms with E-state index in [1.165, 1.54) is 6.26 Å². The molecule has 0 aliphatic rings. The van der Waals surface area contributed by atoms with Crippen LogP contribution < -0.4 is 16.0 Å². The molecule has 0 radical (unpaired) electrons. The van der Waals surface area contributed by atoms with E-state index in [2.05, 4.69) is 15.9 Å². The summed E-state index contributed by atoms with van der Waals surface area (Å²) >= 11 is 3.42. The van der Waals surface area contributed by atoms with Crippen molar-refractivity contribution in [1.29, 1.82) is 0 Å². The van der Waals surface area contributed by atoms with Crippen molar-refractivity contribution in [3.63, 3.8) is 0 Å². The minimum absolute atomic E-state index is 0.158. The van der Waals surface area contributed by atoms with Crippen molar-refractivity contribution in [1.82, 2.24) is 5.43 Å². The molecule has 0 spiro atoms. The molecule has 0 saturated carbocycles. The van der Waals surface area contributed by atoms with E-state index >= 15 is 0 Å². The quantitative estimate of drug-likeness (QED) is 0.514. The topological polar surface area (TPSA) is 77.5 Å². The zero-order valence-electron chi connectivity index (χ0n) is 10.3. The predicted molar refractivity (Wildman–Crippen MR) is 73.6 cm³/mol. The standard InChI is InChI=1S/C13H13BrN2O3/c1-8-2-3-11(10(14)6-8)19-7-9-4-5-18-12(9)13(17)16-15/h2-6H,7,15H2,1H3,(H,16,17). The molecular weight excluding hydrogens is 312 g/mol. The molecule has 0 atom stereocenters. The van der Waals surface area contributed by atoms with Gasteiger partial charge in [0.15, 0.2) is 5.76 Å². The molecule has 1 aromatic carbocycles. The van der Waals surface area contributed by atoms with Gasteiger partial charge in [-0.1, -0.05) is 6.07 Å². The third-order valence-corrected chi connectivity index (χ3v) is 3.17. The molecule has 100 valence electrons. The lowest BCUT2D eigenvalue weighted by atomic mass is 10.2. The van der Waals surface area contributed by atoms with Crippen molar-refractivity contribution in [2.45, 2.75) is 13.5 Å². The Balaban J connectivity index is 2.10. The number of carbonyl (C=O) groups is 1. The Kier molecular flexibility index (Phi) is 4.24. The highest BCUT2D eigenvalue weighted by Crippen LogP contribution is 2.27. The summed E-state index contributed by atoms with van der Waals surface area (Å²) in [7, 11) is 0. The first-order valence-corrected chi connectivity index (χ1v) is 6.37. The van der Waals surface area contributed by atoms with Crippen LogP contribution in [0.4, 0.5) is 0 Å². The molecule has 2 aromatic rings. The van der Waals surface area contributed by atoms with Gasteiger partial charge < -0.3 is 9.15 Å². The number of amides is 1. The molecule has 0 aliphatic carbocycles. The van der Waals surface area contributed by atoms with E-state index in [0.29, 0.717) is 11.3 Å². The van der Waals surface area contributed by atoms with Gasteiger partial charge in [0.25, 0.3) is 0 Å². The molecule has 1 aromatic heterocycles. The smallest absolute Gasteiger partial charge is 0.301 e. The molecule has 0 saturated heterocycles. The molecular formula is C13H13BrN2O3. The van der Waals surface area contributed by atoms with Gasteiger partial charge in [-0.3, -0.25) is 10.2 Å². The van der Waals surface area contributed by atoms with Gasteiger partial charge in [0.2, 0.25) is 0 Å². The summed E-state index contributed by atoms with van der Waals surface area (Å²) in [6.07, 6.45) is 1.42. The summed E-state index contributed by atoms with van der Waals surface area (Å²) in [5.74, 6) is 5.45. The summed E-state index contributed by atoms with van der Waals surface area (Å²) in [4.78, 5) is 11.4. The van der Waals surface area contributed by atoms with Gasteiger partial charge in [0.1, 0.15) is 12.4 Å². The normalized spacial score (nSPS) is 10.3. The minimum Gasteiger partial charge on any atom is -0.488 e. The highest BCUT2D eigenvalue weighted by atomic mass is 79.9. The van der Waals surface area contributed by atoms with Gasteiger partial charge in [-0.05, 0) is 46.6 Å². The summed E-state index contributed by atoms with van der Waals surface area (Å²) in [5, 5.41) is 0. The van der Waals surface area contributed by atoms with Crippen molar-refractivity contribution in [3.05, 3.63) is 51.9 Å². The maximum atomic E-state index is 11.4. The Hall–Kier alpha value is -1.79. The fourth-order valence-electron chi connectivity index (χ4n) is 1.59. The highest BCUT2D eigenvalue weighted by molar-refractivity contribution is 9.10. The Morgan fingerprint density at radius 3 is 2.95 bits per heavy atom. The van der Waals surface area contributed by atoms with E-state index in [1.807, 2.05) is 30.5 Å². The monoisotopic (exact) mass is 324 g/mol. The summed E-state index contributed by atoms with van der Waals surface area (Å²) < 4.78 is 11.6. The average Bonchev–Trinajstić information content (AvgIpc) is 2.85. The first-order chi connectivity index (χ1) is 9.11. The molecule has 0 bridgehead atoms. The summed E-state index contributed by atoms with van der Waals surface area (Å²) in [5.41, 5.74) is 3.79. The van der Waals surface area contributed by atoms with Gasteiger partial charge >= 0.3 is 5.91 Å². The number of ether oxygens (including phenoxy) is 1. The van der Waals surface area contributed by atoms with Crippen LogP contribution >= 0.6 is 15.9 Å². The van der Waals surface area contributed by atoms with Crippen molar-refractivity contribution < 1.29 is 13.9 Å². The molecule has 5 nitrogen and oxygen atoms in total. The van der Waals surface area contributed by atoms with Crippen LogP contribution in [0.5, 0.6) is 5.75 Å². The largest absolute Gasteiger partial charge is 0.488 e. The van der Waals surface area contributed by atoms with Crippen molar-refractivity contribution in [3.8, 4) is 5.75 Å². The third-order valence-electron chi connectivity index (χ3n) is 2.55. The number of rotatable bonds is 4. The second kappa shape index (κ2) is 5.90. The lowest BCUT2D eigenvalue weighted by molar-refractivity contribution is 0.0922. The molecule has 19 heavy (non-hydrogen) atoms. The molecule has 1 heterocycles. The predicted octanol–water partition coefficient (Wildman–Crippen LogP) is 2.53. The second-order valence-electron chi connectivity index (χ2n) is 3.97. The van der Waals surface area contributed by atoms with Crippen LogP contribution in [0.25, 0.3) is 0 Å². The Morgan fingerprint density at radius 1 is 1.47 bits per heavy atom. The minimum atomic E-state index is -0.480. The van der Waals surface area contributed by atoms with E-state index in [1.54, 1.807) is 6.07 Å². The zero-order valence-corrected chi connectivity index (χ0v) is 11.9. The zero-order chi connectivity index (χ0) is 13.8. The number of halogens is 1. The van der Waals surface area contributed by atoms with E-state index in [4.69, 9.17) is 15.0 Å². The maximum absolute atomic E-state index is 11.4. The fourth-order valence-corrected chi connectivity index (χ4v) is 2.20. The molecule has 0 aliphatic heterocycles. The first kappa shape index (κ1) is 13.6.